The molecule has 8 nitrogen and oxygen atoms in total. The standard InChI is InChI=1S/C15H17N5O3S/c21-12(20-6-2-15(3-7-20)22-8-9-23-15)11-10-24-14(18-11)19-13-16-4-1-5-17-13/h1,4-5,10H,2-3,6-9H2,(H,16,17,18,19). The highest BCUT2D eigenvalue weighted by atomic mass is 32.1. The Kier molecular flexibility index (Phi) is 4.13. The summed E-state index contributed by atoms with van der Waals surface area (Å²) in [5.74, 6) is -0.0848. The Morgan fingerprint density at radius 2 is 1.92 bits per heavy atom. The van der Waals surface area contributed by atoms with Gasteiger partial charge in [-0.15, -0.1) is 11.3 Å². The van der Waals surface area contributed by atoms with E-state index in [9.17, 15) is 4.79 Å². The molecule has 4 rings (SSSR count). The fourth-order valence-electron chi connectivity index (χ4n) is 2.89. The predicted molar refractivity (Wildman–Crippen MR) is 87.2 cm³/mol. The van der Waals surface area contributed by atoms with E-state index in [1.807, 2.05) is 0 Å². The van der Waals surface area contributed by atoms with E-state index in [4.69, 9.17) is 9.47 Å². The molecule has 0 aliphatic carbocycles. The lowest BCUT2D eigenvalue weighted by molar-refractivity contribution is -0.181. The minimum absolute atomic E-state index is 0.0684. The minimum Gasteiger partial charge on any atom is -0.347 e. The third-order valence-electron chi connectivity index (χ3n) is 4.13. The summed E-state index contributed by atoms with van der Waals surface area (Å²) >= 11 is 1.36. The summed E-state index contributed by atoms with van der Waals surface area (Å²) in [6.45, 7) is 2.50. The van der Waals surface area contributed by atoms with Gasteiger partial charge in [0.25, 0.3) is 5.91 Å². The fourth-order valence-corrected chi connectivity index (χ4v) is 3.56. The van der Waals surface area contributed by atoms with E-state index in [-0.39, 0.29) is 5.91 Å². The van der Waals surface area contributed by atoms with Crippen molar-refractivity contribution in [2.45, 2.75) is 18.6 Å². The number of nitrogens with one attached hydrogen (secondary N) is 1. The number of hydrogen-bond acceptors (Lipinski definition) is 8. The Balaban J connectivity index is 1.38. The number of hydrogen-bond donors (Lipinski definition) is 1. The molecule has 126 valence electrons. The Labute approximate surface area is 142 Å². The number of carbonyl (C=O) groups excluding carboxylic acids is 1. The molecule has 4 heterocycles. The molecular weight excluding hydrogens is 330 g/mol. The van der Waals surface area contributed by atoms with Crippen LogP contribution in [0.25, 0.3) is 0 Å². The van der Waals surface area contributed by atoms with Crippen molar-refractivity contribution in [2.24, 2.45) is 0 Å². The monoisotopic (exact) mass is 347 g/mol. The van der Waals surface area contributed by atoms with Crippen molar-refractivity contribution in [1.29, 1.82) is 0 Å². The number of amides is 1. The van der Waals surface area contributed by atoms with Gasteiger partial charge in [-0.3, -0.25) is 4.79 Å². The predicted octanol–water partition coefficient (Wildman–Crippen LogP) is 1.66. The van der Waals surface area contributed by atoms with Crippen molar-refractivity contribution in [3.05, 3.63) is 29.5 Å². The largest absolute Gasteiger partial charge is 0.347 e. The number of anilines is 2. The molecular formula is C15H17N5O3S. The Hall–Kier alpha value is -2.10. The summed E-state index contributed by atoms with van der Waals surface area (Å²) in [4.78, 5) is 26.9. The van der Waals surface area contributed by atoms with Crippen molar-refractivity contribution in [1.82, 2.24) is 19.9 Å². The Morgan fingerprint density at radius 3 is 2.62 bits per heavy atom. The average Bonchev–Trinajstić information content (AvgIpc) is 3.26. The first-order valence-corrected chi connectivity index (χ1v) is 8.69. The van der Waals surface area contributed by atoms with Crippen LogP contribution in [0.1, 0.15) is 23.3 Å². The Bertz CT molecular complexity index is 707. The molecule has 0 saturated carbocycles. The van der Waals surface area contributed by atoms with Gasteiger partial charge in [-0.05, 0) is 6.07 Å². The third kappa shape index (κ3) is 3.10. The van der Waals surface area contributed by atoms with Crippen molar-refractivity contribution in [3.8, 4) is 0 Å². The molecule has 2 aromatic rings. The van der Waals surface area contributed by atoms with Crippen LogP contribution in [0.4, 0.5) is 11.1 Å². The van der Waals surface area contributed by atoms with Crippen LogP contribution < -0.4 is 5.32 Å². The second kappa shape index (κ2) is 6.42. The molecule has 0 aromatic carbocycles. The molecule has 2 aromatic heterocycles. The van der Waals surface area contributed by atoms with Gasteiger partial charge in [0.05, 0.1) is 13.2 Å². The highest BCUT2D eigenvalue weighted by Gasteiger charge is 2.41. The van der Waals surface area contributed by atoms with Crippen LogP contribution in [0.2, 0.25) is 0 Å². The Morgan fingerprint density at radius 1 is 1.21 bits per heavy atom. The zero-order chi connectivity index (χ0) is 16.4. The number of piperidine rings is 1. The molecule has 0 atom stereocenters. The van der Waals surface area contributed by atoms with Gasteiger partial charge in [-0.25, -0.2) is 15.0 Å². The molecule has 2 fully saturated rings. The molecule has 2 saturated heterocycles. The number of thiazole rings is 1. The number of ether oxygens (including phenoxy) is 2. The smallest absolute Gasteiger partial charge is 0.273 e. The lowest BCUT2D eigenvalue weighted by Gasteiger charge is -2.37. The normalized spacial score (nSPS) is 19.6. The van der Waals surface area contributed by atoms with E-state index >= 15 is 0 Å². The second-order valence-electron chi connectivity index (χ2n) is 5.64. The van der Waals surface area contributed by atoms with E-state index in [0.29, 0.717) is 55.9 Å². The van der Waals surface area contributed by atoms with Gasteiger partial charge in [-0.1, -0.05) is 0 Å². The van der Waals surface area contributed by atoms with E-state index in [1.165, 1.54) is 11.3 Å². The first-order chi connectivity index (χ1) is 11.7. The number of nitrogens with zero attached hydrogens (tertiary/aromatic N) is 4. The SMILES string of the molecule is O=C(c1csc(Nc2ncccn2)n1)N1CCC2(CC1)OCCO2. The van der Waals surface area contributed by atoms with Gasteiger partial charge >= 0.3 is 0 Å². The van der Waals surface area contributed by atoms with Crippen LogP contribution in [-0.2, 0) is 9.47 Å². The maximum atomic E-state index is 12.6. The van der Waals surface area contributed by atoms with Crippen LogP contribution in [0, 0.1) is 0 Å². The third-order valence-corrected chi connectivity index (χ3v) is 4.89. The van der Waals surface area contributed by atoms with Gasteiger partial charge in [0.15, 0.2) is 10.9 Å². The van der Waals surface area contributed by atoms with Crippen LogP contribution in [-0.4, -0.2) is 57.8 Å². The number of rotatable bonds is 3. The van der Waals surface area contributed by atoms with E-state index in [2.05, 4.69) is 20.3 Å². The molecule has 0 radical (unpaired) electrons. The van der Waals surface area contributed by atoms with Crippen LogP contribution in [0.15, 0.2) is 23.8 Å². The lowest BCUT2D eigenvalue weighted by Crippen LogP contribution is -2.47. The summed E-state index contributed by atoms with van der Waals surface area (Å²) in [6.07, 6.45) is 4.69. The summed E-state index contributed by atoms with van der Waals surface area (Å²) in [6, 6.07) is 1.74. The molecule has 2 aliphatic heterocycles. The van der Waals surface area contributed by atoms with Crippen molar-refractivity contribution in [2.75, 3.05) is 31.6 Å². The maximum Gasteiger partial charge on any atom is 0.273 e. The molecule has 1 spiro atoms. The number of likely N-dealkylation sites (tertiary alicyclic amines) is 1. The topological polar surface area (TPSA) is 89.5 Å². The average molecular weight is 347 g/mol. The minimum atomic E-state index is -0.476. The first-order valence-electron chi connectivity index (χ1n) is 7.81. The van der Waals surface area contributed by atoms with Crippen molar-refractivity contribution >= 4 is 28.3 Å². The quantitative estimate of drug-likeness (QED) is 0.903. The maximum absolute atomic E-state index is 12.6. The van der Waals surface area contributed by atoms with Crippen molar-refractivity contribution < 1.29 is 14.3 Å². The summed E-state index contributed by atoms with van der Waals surface area (Å²) < 4.78 is 11.4. The summed E-state index contributed by atoms with van der Waals surface area (Å²) in [7, 11) is 0. The zero-order valence-electron chi connectivity index (χ0n) is 13.0. The van der Waals surface area contributed by atoms with E-state index in [0.717, 1.165) is 0 Å². The van der Waals surface area contributed by atoms with Crippen LogP contribution in [0.5, 0.6) is 0 Å². The second-order valence-corrected chi connectivity index (χ2v) is 6.49. The molecule has 0 unspecified atom stereocenters. The van der Waals surface area contributed by atoms with Gasteiger partial charge in [0.2, 0.25) is 5.95 Å². The van der Waals surface area contributed by atoms with Gasteiger partial charge < -0.3 is 19.7 Å². The van der Waals surface area contributed by atoms with Crippen molar-refractivity contribution in [3.63, 3.8) is 0 Å². The van der Waals surface area contributed by atoms with Gasteiger partial charge in [0, 0.05) is 43.7 Å². The number of carbonyl (C=O) groups is 1. The molecule has 2 aliphatic rings. The number of aromatic nitrogens is 3. The fraction of sp³-hybridized carbons (Fsp3) is 0.467. The van der Waals surface area contributed by atoms with Gasteiger partial charge in [0.1, 0.15) is 5.69 Å². The first kappa shape index (κ1) is 15.4. The highest BCUT2D eigenvalue weighted by Crippen LogP contribution is 2.32. The lowest BCUT2D eigenvalue weighted by atomic mass is 10.0. The van der Waals surface area contributed by atoms with E-state index in [1.54, 1.807) is 28.7 Å². The van der Waals surface area contributed by atoms with Crippen LogP contribution in [0.3, 0.4) is 0 Å². The van der Waals surface area contributed by atoms with Gasteiger partial charge in [-0.2, -0.15) is 0 Å². The molecule has 0 bridgehead atoms. The summed E-state index contributed by atoms with van der Waals surface area (Å²) in [5, 5.41) is 5.34. The molecule has 1 amide bonds. The zero-order valence-corrected chi connectivity index (χ0v) is 13.8. The summed E-state index contributed by atoms with van der Waals surface area (Å²) in [5.41, 5.74) is 0.433. The van der Waals surface area contributed by atoms with E-state index < -0.39 is 5.79 Å². The molecule has 1 N–H and O–H groups in total. The molecule has 24 heavy (non-hydrogen) atoms. The highest BCUT2D eigenvalue weighted by molar-refractivity contribution is 7.14. The van der Waals surface area contributed by atoms with Crippen LogP contribution >= 0.6 is 11.3 Å². The molecule has 9 heteroatoms.